The smallest absolute Gasteiger partial charge is 0.139 e. The molecule has 172 valence electrons. The fraction of sp³-hybridized carbons (Fsp3) is 0.714. The minimum atomic E-state index is -0.00583. The number of piperidine rings is 1. The van der Waals surface area contributed by atoms with Crippen LogP contribution in [0.5, 0.6) is 0 Å². The van der Waals surface area contributed by atoms with Crippen LogP contribution in [0.4, 0.5) is 0 Å². The van der Waals surface area contributed by atoms with Crippen molar-refractivity contribution in [3.05, 3.63) is 35.2 Å². The van der Waals surface area contributed by atoms with Crippen molar-refractivity contribution in [2.45, 2.75) is 121 Å². The first kappa shape index (κ1) is 20.9. The Balaban J connectivity index is 1.38. The molecule has 0 bridgehead atoms. The van der Waals surface area contributed by atoms with Crippen LogP contribution in [0.25, 0.3) is 0 Å². The Bertz CT molecular complexity index is 959. The molecule has 3 aliphatic carbocycles. The van der Waals surface area contributed by atoms with E-state index in [1.807, 2.05) is 0 Å². The fourth-order valence-electron chi connectivity index (χ4n) is 7.94. The highest BCUT2D eigenvalue weighted by atomic mass is 15.4. The zero-order valence-corrected chi connectivity index (χ0v) is 20.5. The van der Waals surface area contributed by atoms with Gasteiger partial charge < -0.3 is 10.2 Å². The van der Waals surface area contributed by atoms with Crippen LogP contribution in [0.2, 0.25) is 0 Å². The molecule has 0 unspecified atom stereocenters. The number of hydrogen-bond acceptors (Lipinski definition) is 4. The molecule has 2 atom stereocenters. The largest absolute Gasteiger partial charge is 0.318 e. The molecule has 3 heterocycles. The summed E-state index contributed by atoms with van der Waals surface area (Å²) in [4.78, 5) is 13.5. The average molecular weight is 433 g/mol. The Labute approximate surface area is 194 Å². The quantitative estimate of drug-likeness (QED) is 0.511. The van der Waals surface area contributed by atoms with E-state index in [9.17, 15) is 0 Å². The molecule has 4 nitrogen and oxygen atoms in total. The van der Waals surface area contributed by atoms with E-state index < -0.39 is 0 Å². The van der Waals surface area contributed by atoms with Crippen molar-refractivity contribution in [2.24, 2.45) is 15.9 Å². The number of rotatable bonds is 1. The van der Waals surface area contributed by atoms with Gasteiger partial charge in [0.1, 0.15) is 5.66 Å². The first-order valence-corrected chi connectivity index (χ1v) is 13.1. The molecule has 0 aromatic carbocycles. The summed E-state index contributed by atoms with van der Waals surface area (Å²) in [6.45, 7) is 9.26. The number of allylic oxidation sites excluding steroid dienone is 5. The maximum absolute atomic E-state index is 5.49. The second-order valence-electron chi connectivity index (χ2n) is 12.5. The van der Waals surface area contributed by atoms with Crippen LogP contribution >= 0.6 is 0 Å². The maximum Gasteiger partial charge on any atom is 0.139 e. The van der Waals surface area contributed by atoms with Gasteiger partial charge in [-0.25, -0.2) is 0 Å². The van der Waals surface area contributed by atoms with Crippen LogP contribution < -0.4 is 5.32 Å². The molecule has 1 spiro atoms. The molecule has 3 aliphatic heterocycles. The Morgan fingerprint density at radius 1 is 1.00 bits per heavy atom. The summed E-state index contributed by atoms with van der Waals surface area (Å²) in [7, 11) is 0. The second kappa shape index (κ2) is 7.16. The van der Waals surface area contributed by atoms with Gasteiger partial charge in [-0.2, -0.15) is 0 Å². The molecule has 0 radical (unpaired) electrons. The van der Waals surface area contributed by atoms with Gasteiger partial charge in [0, 0.05) is 22.7 Å². The molecule has 32 heavy (non-hydrogen) atoms. The van der Waals surface area contributed by atoms with Gasteiger partial charge >= 0.3 is 0 Å². The zero-order chi connectivity index (χ0) is 22.1. The van der Waals surface area contributed by atoms with E-state index in [0.717, 1.165) is 18.6 Å². The van der Waals surface area contributed by atoms with Crippen molar-refractivity contribution in [1.29, 1.82) is 0 Å². The lowest BCUT2D eigenvalue weighted by Crippen LogP contribution is -2.58. The maximum atomic E-state index is 5.49. The van der Waals surface area contributed by atoms with Gasteiger partial charge in [0.05, 0.1) is 23.2 Å². The van der Waals surface area contributed by atoms with Gasteiger partial charge in [-0.1, -0.05) is 12.0 Å². The predicted molar refractivity (Wildman–Crippen MR) is 133 cm³/mol. The Morgan fingerprint density at radius 2 is 1.78 bits per heavy atom. The summed E-state index contributed by atoms with van der Waals surface area (Å²) in [5, 5.41) is 3.80. The van der Waals surface area contributed by atoms with E-state index in [-0.39, 0.29) is 16.7 Å². The van der Waals surface area contributed by atoms with Gasteiger partial charge in [-0.3, -0.25) is 9.98 Å². The van der Waals surface area contributed by atoms with Crippen LogP contribution in [0.3, 0.4) is 0 Å². The zero-order valence-electron chi connectivity index (χ0n) is 20.5. The van der Waals surface area contributed by atoms with Crippen molar-refractivity contribution >= 4 is 11.4 Å². The van der Waals surface area contributed by atoms with Gasteiger partial charge in [-0.15, -0.1) is 0 Å². The third-order valence-corrected chi connectivity index (χ3v) is 8.72. The van der Waals surface area contributed by atoms with Crippen LogP contribution in [-0.2, 0) is 0 Å². The van der Waals surface area contributed by atoms with Crippen molar-refractivity contribution in [2.75, 3.05) is 0 Å². The van der Waals surface area contributed by atoms with E-state index in [0.29, 0.717) is 12.0 Å². The minimum Gasteiger partial charge on any atom is -0.318 e. The van der Waals surface area contributed by atoms with Crippen LogP contribution in [0, 0.1) is 5.92 Å². The van der Waals surface area contributed by atoms with Crippen molar-refractivity contribution in [3.8, 4) is 0 Å². The number of aliphatic imine (C=N–C) groups is 2. The second-order valence-corrected chi connectivity index (χ2v) is 12.5. The highest BCUT2D eigenvalue weighted by molar-refractivity contribution is 6.22. The van der Waals surface area contributed by atoms with Gasteiger partial charge in [0.15, 0.2) is 0 Å². The monoisotopic (exact) mass is 432 g/mol. The van der Waals surface area contributed by atoms with E-state index in [1.54, 1.807) is 11.3 Å². The molecule has 0 aromatic heterocycles. The summed E-state index contributed by atoms with van der Waals surface area (Å²) in [6, 6.07) is 0.361. The highest BCUT2D eigenvalue weighted by Gasteiger charge is 2.55. The highest BCUT2D eigenvalue weighted by Crippen LogP contribution is 2.55. The van der Waals surface area contributed by atoms with Crippen molar-refractivity contribution in [3.63, 3.8) is 0 Å². The minimum absolute atomic E-state index is 0.00583. The lowest BCUT2D eigenvalue weighted by atomic mass is 9.70. The van der Waals surface area contributed by atoms with Crippen molar-refractivity contribution < 1.29 is 0 Å². The normalized spacial score (nSPS) is 36.8. The first-order valence-electron chi connectivity index (χ1n) is 13.1. The van der Waals surface area contributed by atoms with Gasteiger partial charge in [-0.05, 0) is 110 Å². The molecule has 4 heteroatoms. The third kappa shape index (κ3) is 3.36. The number of fused-ring (bicyclic) bond motifs is 3. The van der Waals surface area contributed by atoms with Gasteiger partial charge in [0.2, 0.25) is 0 Å². The van der Waals surface area contributed by atoms with Crippen molar-refractivity contribution in [1.82, 2.24) is 10.2 Å². The molecule has 1 N–H and O–H groups in total. The number of hydrogen-bond donors (Lipinski definition) is 1. The Kier molecular flexibility index (Phi) is 4.67. The lowest BCUT2D eigenvalue weighted by Gasteiger charge is -2.52. The predicted octanol–water partition coefficient (Wildman–Crippen LogP) is 6.07. The van der Waals surface area contributed by atoms with Crippen LogP contribution in [-0.4, -0.2) is 39.1 Å². The molecule has 2 fully saturated rings. The Hall–Kier alpha value is -1.68. The summed E-state index contributed by atoms with van der Waals surface area (Å²) < 4.78 is 0. The lowest BCUT2D eigenvalue weighted by molar-refractivity contribution is 0.0498. The Morgan fingerprint density at radius 3 is 2.59 bits per heavy atom. The molecule has 6 aliphatic rings. The number of nitrogens with zero attached hydrogens (tertiary/aromatic N) is 3. The molecule has 0 amide bonds. The molecular weight excluding hydrogens is 392 g/mol. The fourth-order valence-corrected chi connectivity index (χ4v) is 7.94. The molecule has 1 saturated heterocycles. The van der Waals surface area contributed by atoms with Crippen LogP contribution in [0.15, 0.2) is 45.2 Å². The summed E-state index contributed by atoms with van der Waals surface area (Å²) in [6.07, 6.45) is 20.8. The SMILES string of the molecule is CC1(C)CC(N=C2C=CC3=N[C@@]45CCCC[C@H]4CC4=C(CCCC4)N5C3=C2)CC(C)(C)N1. The first-order chi connectivity index (χ1) is 15.2. The summed E-state index contributed by atoms with van der Waals surface area (Å²) >= 11 is 0. The van der Waals surface area contributed by atoms with Crippen LogP contribution in [0.1, 0.15) is 98.3 Å². The third-order valence-electron chi connectivity index (χ3n) is 8.72. The summed E-state index contributed by atoms with van der Waals surface area (Å²) in [5.74, 6) is 0.687. The topological polar surface area (TPSA) is 40.0 Å². The molecule has 0 aromatic rings. The molecule has 6 rings (SSSR count). The number of nitrogens with one attached hydrogen (secondary N) is 1. The molecular formula is C28H40N4. The van der Waals surface area contributed by atoms with E-state index in [4.69, 9.17) is 9.98 Å². The van der Waals surface area contributed by atoms with E-state index in [2.05, 4.69) is 56.1 Å². The van der Waals surface area contributed by atoms with E-state index >= 15 is 0 Å². The van der Waals surface area contributed by atoms with E-state index in [1.165, 1.54) is 69.2 Å². The van der Waals surface area contributed by atoms with Gasteiger partial charge in [0.25, 0.3) is 0 Å². The summed E-state index contributed by atoms with van der Waals surface area (Å²) in [5.41, 5.74) is 7.30. The standard InChI is InChI=1S/C28H40N4/c1-26(2)17-22(18-27(3,4)31-26)29-21-12-13-23-25(16-21)32-24-11-6-5-9-19(24)15-20-10-7-8-14-28(20,32)30-23/h12-13,16,20,22,31H,5-11,14-15,17-18H2,1-4H3/t20-,28+/m0/s1. The average Bonchev–Trinajstić information content (AvgIpc) is 3.03. The molecule has 1 saturated carbocycles.